The molecule has 0 aromatic heterocycles. The second kappa shape index (κ2) is 6.41. The minimum Gasteiger partial charge on any atom is -0.379 e. The van der Waals surface area contributed by atoms with Crippen LogP contribution >= 0.6 is 0 Å². The number of carbonyl (C=O) groups excluding carboxylic acids is 1. The van der Waals surface area contributed by atoms with Gasteiger partial charge in [-0.1, -0.05) is 0 Å². The fraction of sp³-hybridized carbons (Fsp3) is 0.933. The molecule has 0 radical (unpaired) electrons. The molecule has 116 valence electrons. The highest BCUT2D eigenvalue weighted by Gasteiger charge is 2.41. The Morgan fingerprint density at radius 2 is 2.05 bits per heavy atom. The van der Waals surface area contributed by atoms with Crippen molar-refractivity contribution in [2.75, 3.05) is 20.7 Å². The van der Waals surface area contributed by atoms with Gasteiger partial charge in [-0.2, -0.15) is 0 Å². The van der Waals surface area contributed by atoms with Crippen LogP contribution in [0.15, 0.2) is 0 Å². The third kappa shape index (κ3) is 3.00. The monoisotopic (exact) mass is 283 g/mol. The van der Waals surface area contributed by atoms with E-state index in [-0.39, 0.29) is 24.1 Å². The lowest BCUT2D eigenvalue weighted by Crippen LogP contribution is -2.53. The van der Waals surface area contributed by atoms with Crippen molar-refractivity contribution < 1.29 is 9.53 Å². The van der Waals surface area contributed by atoms with Crippen molar-refractivity contribution in [1.82, 2.24) is 9.80 Å². The standard InChI is InChI=1S/C15H29N3O2/c1-10(2)17(3)11-5-6-13(14(9-11)20-4)18-8-7-12(16)15(18)19/h10-14H,5-9,16H2,1-4H3/t11-,12?,13+,14-/m0/s1. The van der Waals surface area contributed by atoms with E-state index < -0.39 is 0 Å². The van der Waals surface area contributed by atoms with Crippen LogP contribution in [0.4, 0.5) is 0 Å². The quantitative estimate of drug-likeness (QED) is 0.830. The van der Waals surface area contributed by atoms with Crippen LogP contribution < -0.4 is 5.73 Å². The van der Waals surface area contributed by atoms with E-state index in [0.29, 0.717) is 12.1 Å². The average molecular weight is 283 g/mol. The van der Waals surface area contributed by atoms with E-state index in [1.807, 2.05) is 4.90 Å². The maximum atomic E-state index is 12.1. The molecular weight excluding hydrogens is 254 g/mol. The summed E-state index contributed by atoms with van der Waals surface area (Å²) in [6.45, 7) is 5.23. The van der Waals surface area contributed by atoms with Gasteiger partial charge in [0.15, 0.2) is 0 Å². The lowest BCUT2D eigenvalue weighted by atomic mass is 9.86. The second-order valence-electron chi connectivity index (χ2n) is 6.49. The maximum absolute atomic E-state index is 12.1. The third-order valence-electron chi connectivity index (χ3n) is 5.10. The molecule has 1 saturated carbocycles. The predicted molar refractivity (Wildman–Crippen MR) is 79.4 cm³/mol. The first kappa shape index (κ1) is 15.7. The molecule has 2 N–H and O–H groups in total. The Labute approximate surface area is 122 Å². The van der Waals surface area contributed by atoms with Crippen molar-refractivity contribution in [3.8, 4) is 0 Å². The highest BCUT2D eigenvalue weighted by Crippen LogP contribution is 2.31. The van der Waals surface area contributed by atoms with Crippen LogP contribution in [0.2, 0.25) is 0 Å². The van der Waals surface area contributed by atoms with Crippen molar-refractivity contribution in [2.45, 2.75) is 69.8 Å². The van der Waals surface area contributed by atoms with Crippen LogP contribution in [0.3, 0.4) is 0 Å². The Balaban J connectivity index is 2.02. The van der Waals surface area contributed by atoms with E-state index >= 15 is 0 Å². The van der Waals surface area contributed by atoms with E-state index in [4.69, 9.17) is 10.5 Å². The zero-order valence-electron chi connectivity index (χ0n) is 13.2. The summed E-state index contributed by atoms with van der Waals surface area (Å²) in [5.74, 6) is 0.104. The SMILES string of the molecule is CO[C@H]1C[C@@H](N(C)C(C)C)CC[C@H]1N1CCC(N)C1=O. The summed E-state index contributed by atoms with van der Waals surface area (Å²) < 4.78 is 5.70. The van der Waals surface area contributed by atoms with Gasteiger partial charge in [0.25, 0.3) is 0 Å². The zero-order valence-corrected chi connectivity index (χ0v) is 13.2. The molecule has 2 fully saturated rings. The molecule has 0 spiro atoms. The summed E-state index contributed by atoms with van der Waals surface area (Å²) in [6, 6.07) is 0.986. The van der Waals surface area contributed by atoms with Gasteiger partial charge in [0.05, 0.1) is 18.2 Å². The summed E-state index contributed by atoms with van der Waals surface area (Å²) in [5, 5.41) is 0. The molecule has 2 aliphatic rings. The number of ether oxygens (including phenoxy) is 1. The van der Waals surface area contributed by atoms with Gasteiger partial charge in [0, 0.05) is 25.7 Å². The first-order valence-electron chi connectivity index (χ1n) is 7.76. The second-order valence-corrected chi connectivity index (χ2v) is 6.49. The molecule has 1 unspecified atom stereocenters. The molecule has 20 heavy (non-hydrogen) atoms. The molecule has 5 heteroatoms. The summed E-state index contributed by atoms with van der Waals surface area (Å²) in [7, 11) is 3.94. The Morgan fingerprint density at radius 1 is 1.35 bits per heavy atom. The van der Waals surface area contributed by atoms with Crippen molar-refractivity contribution in [2.24, 2.45) is 5.73 Å². The van der Waals surface area contributed by atoms with Gasteiger partial charge in [-0.25, -0.2) is 0 Å². The maximum Gasteiger partial charge on any atom is 0.239 e. The number of methoxy groups -OCH3 is 1. The van der Waals surface area contributed by atoms with Gasteiger partial charge in [0.1, 0.15) is 0 Å². The Hall–Kier alpha value is -0.650. The van der Waals surface area contributed by atoms with E-state index in [2.05, 4.69) is 25.8 Å². The number of hydrogen-bond donors (Lipinski definition) is 1. The number of rotatable bonds is 4. The predicted octanol–water partition coefficient (Wildman–Crippen LogP) is 0.822. The first-order chi connectivity index (χ1) is 9.45. The normalized spacial score (nSPS) is 35.4. The van der Waals surface area contributed by atoms with Crippen molar-refractivity contribution >= 4 is 5.91 Å². The van der Waals surface area contributed by atoms with Crippen molar-refractivity contribution in [1.29, 1.82) is 0 Å². The van der Waals surface area contributed by atoms with Gasteiger partial charge in [-0.05, 0) is 46.6 Å². The number of carbonyl (C=O) groups is 1. The number of nitrogens with zero attached hydrogens (tertiary/aromatic N) is 2. The highest BCUT2D eigenvalue weighted by molar-refractivity contribution is 5.84. The van der Waals surface area contributed by atoms with Crippen LogP contribution in [0.25, 0.3) is 0 Å². The van der Waals surface area contributed by atoms with E-state index in [1.54, 1.807) is 7.11 Å². The fourth-order valence-electron chi connectivity index (χ4n) is 3.55. The topological polar surface area (TPSA) is 58.8 Å². The minimum absolute atomic E-state index is 0.104. The van der Waals surface area contributed by atoms with Gasteiger partial charge < -0.3 is 20.3 Å². The van der Waals surface area contributed by atoms with E-state index in [0.717, 1.165) is 32.2 Å². The lowest BCUT2D eigenvalue weighted by molar-refractivity contribution is -0.135. The molecular formula is C15H29N3O2. The molecule has 2 rings (SSSR count). The Morgan fingerprint density at radius 3 is 2.55 bits per heavy atom. The number of likely N-dealkylation sites (tertiary alicyclic amines) is 1. The van der Waals surface area contributed by atoms with E-state index in [9.17, 15) is 4.79 Å². The molecule has 1 saturated heterocycles. The number of nitrogens with two attached hydrogens (primary N) is 1. The summed E-state index contributed by atoms with van der Waals surface area (Å²) in [6.07, 6.45) is 4.04. The summed E-state index contributed by atoms with van der Waals surface area (Å²) in [4.78, 5) is 16.5. The fourth-order valence-corrected chi connectivity index (χ4v) is 3.55. The number of amides is 1. The third-order valence-corrected chi connectivity index (χ3v) is 5.10. The van der Waals surface area contributed by atoms with Gasteiger partial charge in [0.2, 0.25) is 5.91 Å². The largest absolute Gasteiger partial charge is 0.379 e. The highest BCUT2D eigenvalue weighted by atomic mass is 16.5. The Bertz CT molecular complexity index is 348. The smallest absolute Gasteiger partial charge is 0.239 e. The summed E-state index contributed by atoms with van der Waals surface area (Å²) in [5.41, 5.74) is 5.84. The van der Waals surface area contributed by atoms with Gasteiger partial charge in [-0.15, -0.1) is 0 Å². The van der Waals surface area contributed by atoms with Gasteiger partial charge >= 0.3 is 0 Å². The van der Waals surface area contributed by atoms with Crippen LogP contribution in [0.1, 0.15) is 39.5 Å². The molecule has 1 aliphatic carbocycles. The van der Waals surface area contributed by atoms with Crippen molar-refractivity contribution in [3.63, 3.8) is 0 Å². The molecule has 1 aliphatic heterocycles. The molecule has 1 heterocycles. The zero-order chi connectivity index (χ0) is 14.9. The summed E-state index contributed by atoms with van der Waals surface area (Å²) >= 11 is 0. The van der Waals surface area contributed by atoms with E-state index in [1.165, 1.54) is 0 Å². The minimum atomic E-state index is -0.302. The molecule has 0 aromatic carbocycles. The molecule has 0 bridgehead atoms. The van der Waals surface area contributed by atoms with Crippen LogP contribution in [-0.2, 0) is 9.53 Å². The van der Waals surface area contributed by atoms with Gasteiger partial charge in [-0.3, -0.25) is 4.79 Å². The van der Waals surface area contributed by atoms with Crippen LogP contribution in [0, 0.1) is 0 Å². The molecule has 4 atom stereocenters. The molecule has 0 aromatic rings. The van der Waals surface area contributed by atoms with Crippen LogP contribution in [0.5, 0.6) is 0 Å². The lowest BCUT2D eigenvalue weighted by Gasteiger charge is -2.43. The molecule has 1 amide bonds. The van der Waals surface area contributed by atoms with Crippen LogP contribution in [-0.4, -0.2) is 66.7 Å². The molecule has 5 nitrogen and oxygen atoms in total. The Kier molecular flexibility index (Phi) is 5.04. The average Bonchev–Trinajstić information content (AvgIpc) is 2.77. The first-order valence-corrected chi connectivity index (χ1v) is 7.76. The van der Waals surface area contributed by atoms with Crippen molar-refractivity contribution in [3.05, 3.63) is 0 Å². The number of hydrogen-bond acceptors (Lipinski definition) is 4.